The van der Waals surface area contributed by atoms with E-state index in [1.807, 2.05) is 38.2 Å². The first-order valence-electron chi connectivity index (χ1n) is 8.81. The third kappa shape index (κ3) is 8.29. The first-order valence-corrected chi connectivity index (χ1v) is 8.81. The topological polar surface area (TPSA) is 102 Å². The van der Waals surface area contributed by atoms with Crippen LogP contribution in [-0.4, -0.2) is 40.5 Å². The maximum Gasteiger partial charge on any atom is 0.239 e. The molecule has 156 valence electrons. The van der Waals surface area contributed by atoms with Crippen molar-refractivity contribution in [3.8, 4) is 0 Å². The highest BCUT2D eigenvalue weighted by molar-refractivity contribution is 5.87. The summed E-state index contributed by atoms with van der Waals surface area (Å²) in [7, 11) is 0. The quantitative estimate of drug-likeness (QED) is 0.562. The van der Waals surface area contributed by atoms with Crippen LogP contribution in [0.25, 0.3) is 0 Å². The summed E-state index contributed by atoms with van der Waals surface area (Å²) in [5.74, 6) is 0.380. The molecule has 2 amide bonds. The fourth-order valence-electron chi connectivity index (χ4n) is 2.46. The van der Waals surface area contributed by atoms with Gasteiger partial charge >= 0.3 is 0 Å². The van der Waals surface area contributed by atoms with E-state index in [2.05, 4.69) is 32.3 Å². The summed E-state index contributed by atoms with van der Waals surface area (Å²) in [4.78, 5) is 27.9. The van der Waals surface area contributed by atoms with Gasteiger partial charge in [0.25, 0.3) is 0 Å². The van der Waals surface area contributed by atoms with Crippen molar-refractivity contribution in [3.05, 3.63) is 54.1 Å². The van der Waals surface area contributed by atoms with Crippen molar-refractivity contribution in [1.29, 1.82) is 0 Å². The molecule has 0 bridgehead atoms. The van der Waals surface area contributed by atoms with Gasteiger partial charge in [-0.15, -0.1) is 24.8 Å². The van der Waals surface area contributed by atoms with E-state index in [4.69, 9.17) is 5.73 Å². The molecule has 28 heavy (non-hydrogen) atoms. The molecule has 9 heteroatoms. The number of carbonyl (C=O) groups excluding carboxylic acids is 2. The van der Waals surface area contributed by atoms with Gasteiger partial charge in [0.2, 0.25) is 11.8 Å². The third-order valence-electron chi connectivity index (χ3n) is 4.11. The van der Waals surface area contributed by atoms with Crippen LogP contribution in [0.4, 0.5) is 0 Å². The van der Waals surface area contributed by atoms with Crippen LogP contribution in [0.2, 0.25) is 0 Å². The molecule has 0 aliphatic heterocycles. The molecule has 0 saturated carbocycles. The molecule has 7 nitrogen and oxygen atoms in total. The maximum absolute atomic E-state index is 11.9. The Morgan fingerprint density at radius 1 is 1.14 bits per heavy atom. The van der Waals surface area contributed by atoms with E-state index in [9.17, 15) is 9.59 Å². The summed E-state index contributed by atoms with van der Waals surface area (Å²) in [6, 6.07) is 9.53. The fraction of sp³-hybridized carbons (Fsp3) is 0.421. The summed E-state index contributed by atoms with van der Waals surface area (Å²) < 4.78 is 2.06. The number of rotatable bonds is 9. The van der Waals surface area contributed by atoms with Gasteiger partial charge in [-0.25, -0.2) is 4.98 Å². The van der Waals surface area contributed by atoms with Crippen LogP contribution in [0, 0.1) is 5.92 Å². The lowest BCUT2D eigenvalue weighted by Crippen LogP contribution is -2.47. The maximum atomic E-state index is 11.9. The van der Waals surface area contributed by atoms with Crippen LogP contribution >= 0.6 is 24.8 Å². The number of amides is 2. The zero-order valence-electron chi connectivity index (χ0n) is 16.1. The van der Waals surface area contributed by atoms with Crippen molar-refractivity contribution >= 4 is 36.6 Å². The molecule has 0 fully saturated rings. The first kappa shape index (κ1) is 25.9. The molecule has 0 saturated heterocycles. The van der Waals surface area contributed by atoms with Crippen LogP contribution in [0.3, 0.4) is 0 Å². The van der Waals surface area contributed by atoms with Crippen LogP contribution in [-0.2, 0) is 22.6 Å². The summed E-state index contributed by atoms with van der Waals surface area (Å²) in [5, 5.41) is 5.34. The van der Waals surface area contributed by atoms with E-state index in [-0.39, 0.29) is 49.1 Å². The Bertz CT molecular complexity index is 722. The van der Waals surface area contributed by atoms with Gasteiger partial charge in [-0.1, -0.05) is 44.2 Å². The highest BCUT2D eigenvalue weighted by Crippen LogP contribution is 2.05. The molecule has 2 rings (SSSR count). The van der Waals surface area contributed by atoms with Crippen molar-refractivity contribution in [2.75, 3.05) is 13.1 Å². The number of nitrogens with one attached hydrogen (secondary N) is 2. The van der Waals surface area contributed by atoms with Crippen LogP contribution < -0.4 is 16.4 Å². The van der Waals surface area contributed by atoms with Crippen molar-refractivity contribution in [2.45, 2.75) is 32.9 Å². The van der Waals surface area contributed by atoms with Gasteiger partial charge in [-0.05, 0) is 11.5 Å². The van der Waals surface area contributed by atoms with Crippen LogP contribution in [0.15, 0.2) is 42.7 Å². The number of halogens is 2. The smallest absolute Gasteiger partial charge is 0.239 e. The molecule has 0 aliphatic rings. The summed E-state index contributed by atoms with van der Waals surface area (Å²) in [5.41, 5.74) is 6.93. The lowest BCUT2D eigenvalue weighted by atomic mass is 10.1. The average molecular weight is 430 g/mol. The predicted octanol–water partition coefficient (Wildman–Crippen LogP) is 1.53. The molecule has 4 N–H and O–H groups in total. The predicted molar refractivity (Wildman–Crippen MR) is 115 cm³/mol. The highest BCUT2D eigenvalue weighted by atomic mass is 35.5. The minimum absolute atomic E-state index is 0. The molecule has 0 aliphatic carbocycles. The molecular formula is C19H29Cl2N5O2. The summed E-state index contributed by atoms with van der Waals surface area (Å²) >= 11 is 0. The number of hydrogen-bond acceptors (Lipinski definition) is 4. The number of hydrogen-bond donors (Lipinski definition) is 3. The number of benzene rings is 1. The van der Waals surface area contributed by atoms with Crippen molar-refractivity contribution < 1.29 is 9.59 Å². The van der Waals surface area contributed by atoms with Gasteiger partial charge in [-0.3, -0.25) is 9.59 Å². The summed E-state index contributed by atoms with van der Waals surface area (Å²) in [6.45, 7) is 4.85. The average Bonchev–Trinajstić information content (AvgIpc) is 3.06. The van der Waals surface area contributed by atoms with E-state index in [0.717, 1.165) is 12.4 Å². The SMILES string of the molecule is CC(C)[C@H](N)C(=O)NCC(=O)NCCc1nccn1Cc1ccccc1.Cl.Cl. The Kier molecular flexibility index (Phi) is 12.2. The molecule has 0 spiro atoms. The van der Waals surface area contributed by atoms with E-state index in [1.165, 1.54) is 5.56 Å². The number of aromatic nitrogens is 2. The largest absolute Gasteiger partial charge is 0.354 e. The third-order valence-corrected chi connectivity index (χ3v) is 4.11. The lowest BCUT2D eigenvalue weighted by molar-refractivity contribution is -0.127. The minimum Gasteiger partial charge on any atom is -0.354 e. The van der Waals surface area contributed by atoms with E-state index >= 15 is 0 Å². The molecular weight excluding hydrogens is 401 g/mol. The van der Waals surface area contributed by atoms with Gasteiger partial charge in [0, 0.05) is 31.9 Å². The van der Waals surface area contributed by atoms with Crippen LogP contribution in [0.1, 0.15) is 25.2 Å². The first-order chi connectivity index (χ1) is 12.5. The van der Waals surface area contributed by atoms with Gasteiger partial charge in [-0.2, -0.15) is 0 Å². The Morgan fingerprint density at radius 2 is 1.82 bits per heavy atom. The van der Waals surface area contributed by atoms with Gasteiger partial charge in [0.1, 0.15) is 5.82 Å². The normalized spacial score (nSPS) is 11.1. The van der Waals surface area contributed by atoms with E-state index in [1.54, 1.807) is 6.20 Å². The second kappa shape index (κ2) is 13.1. The Labute approximate surface area is 178 Å². The highest BCUT2D eigenvalue weighted by Gasteiger charge is 2.17. The van der Waals surface area contributed by atoms with Crippen LogP contribution in [0.5, 0.6) is 0 Å². The van der Waals surface area contributed by atoms with Crippen molar-refractivity contribution in [3.63, 3.8) is 0 Å². The minimum atomic E-state index is -0.603. The van der Waals surface area contributed by atoms with E-state index in [0.29, 0.717) is 13.0 Å². The molecule has 0 unspecified atom stereocenters. The molecule has 1 heterocycles. The molecule has 0 radical (unpaired) electrons. The monoisotopic (exact) mass is 429 g/mol. The second-order valence-corrected chi connectivity index (χ2v) is 6.54. The number of carbonyl (C=O) groups is 2. The van der Waals surface area contributed by atoms with Crippen molar-refractivity contribution in [1.82, 2.24) is 20.2 Å². The Balaban J connectivity index is 0.00000364. The van der Waals surface area contributed by atoms with E-state index < -0.39 is 6.04 Å². The number of nitrogens with zero attached hydrogens (tertiary/aromatic N) is 2. The lowest BCUT2D eigenvalue weighted by Gasteiger charge is -2.15. The standard InChI is InChI=1S/C19H27N5O2.2ClH/c1-14(2)18(20)19(26)23-12-17(25)22-9-8-16-21-10-11-24(16)13-15-6-4-3-5-7-15;;/h3-7,10-11,14,18H,8-9,12-13,20H2,1-2H3,(H,22,25)(H,23,26);2*1H/t18-;;/m0../s1. The molecule has 2 aromatic rings. The fourth-order valence-corrected chi connectivity index (χ4v) is 2.46. The zero-order chi connectivity index (χ0) is 18.9. The Morgan fingerprint density at radius 3 is 2.46 bits per heavy atom. The molecule has 1 aromatic carbocycles. The Hall–Kier alpha value is -2.09. The second-order valence-electron chi connectivity index (χ2n) is 6.54. The van der Waals surface area contributed by atoms with Gasteiger partial charge < -0.3 is 20.9 Å². The van der Waals surface area contributed by atoms with Crippen molar-refractivity contribution in [2.24, 2.45) is 11.7 Å². The van der Waals surface area contributed by atoms with Gasteiger partial charge in [0.05, 0.1) is 12.6 Å². The zero-order valence-corrected chi connectivity index (χ0v) is 17.8. The number of nitrogens with two attached hydrogens (primary N) is 1. The van der Waals surface area contributed by atoms with Gasteiger partial charge in [0.15, 0.2) is 0 Å². The number of imidazole rings is 1. The molecule has 1 atom stereocenters. The summed E-state index contributed by atoms with van der Waals surface area (Å²) in [6.07, 6.45) is 4.30. The molecule has 1 aromatic heterocycles.